The van der Waals surface area contributed by atoms with Gasteiger partial charge in [-0.15, -0.1) is 0 Å². The van der Waals surface area contributed by atoms with Crippen molar-refractivity contribution in [2.75, 3.05) is 26.2 Å². The molecule has 0 amide bonds. The number of hydrogen-bond acceptors (Lipinski definition) is 7. The lowest BCUT2D eigenvalue weighted by atomic mass is 10.1. The van der Waals surface area contributed by atoms with Crippen molar-refractivity contribution in [2.24, 2.45) is 11.7 Å². The lowest BCUT2D eigenvalue weighted by molar-refractivity contribution is -0.134. The SMILES string of the molecule is CCOc1cc(F)c(F)cc1CN1CC[C@@H](CN)C1.O=C(O)/C=C/C(=O)O.O=C(O)/C=C/C(=O)O. The summed E-state index contributed by atoms with van der Waals surface area (Å²) in [5, 5.41) is 31.2. The highest BCUT2D eigenvalue weighted by Gasteiger charge is 2.22. The van der Waals surface area contributed by atoms with Gasteiger partial charge < -0.3 is 30.9 Å². The molecule has 1 aliphatic heterocycles. The smallest absolute Gasteiger partial charge is 0.328 e. The van der Waals surface area contributed by atoms with Gasteiger partial charge in [-0.3, -0.25) is 4.90 Å². The third kappa shape index (κ3) is 14.8. The standard InChI is InChI=1S/C14H20F2N2O.2C4H4O4/c1-2-19-14-6-13(16)12(15)5-11(14)9-18-4-3-10(7-17)8-18;2*5-3(6)1-2-4(7)8/h5-6,10H,2-4,7-9,17H2,1H3;2*1-2H,(H,5,6)(H,7,8)/b;2*2-1+/t10-;;/m0../s1. The average molecular weight is 502 g/mol. The number of benzene rings is 1. The van der Waals surface area contributed by atoms with Gasteiger partial charge in [0.15, 0.2) is 11.6 Å². The molecule has 2 rings (SSSR count). The predicted molar refractivity (Wildman–Crippen MR) is 119 cm³/mol. The first-order chi connectivity index (χ1) is 16.4. The molecule has 1 heterocycles. The number of hydrogen-bond donors (Lipinski definition) is 5. The minimum Gasteiger partial charge on any atom is -0.493 e. The number of nitrogens with two attached hydrogens (primary N) is 1. The summed E-state index contributed by atoms with van der Waals surface area (Å²) in [6, 6.07) is 2.36. The van der Waals surface area contributed by atoms with Gasteiger partial charge in [-0.2, -0.15) is 0 Å². The van der Waals surface area contributed by atoms with Gasteiger partial charge in [0.2, 0.25) is 0 Å². The first-order valence-electron chi connectivity index (χ1n) is 10.2. The van der Waals surface area contributed by atoms with E-state index < -0.39 is 35.5 Å². The molecule has 0 aliphatic carbocycles. The largest absolute Gasteiger partial charge is 0.493 e. The van der Waals surface area contributed by atoms with E-state index >= 15 is 0 Å². The fourth-order valence-electron chi connectivity index (χ4n) is 2.76. The van der Waals surface area contributed by atoms with Gasteiger partial charge in [0.1, 0.15) is 5.75 Å². The van der Waals surface area contributed by atoms with E-state index in [1.807, 2.05) is 6.92 Å². The van der Waals surface area contributed by atoms with E-state index in [2.05, 4.69) is 4.90 Å². The number of carboxylic acids is 4. The van der Waals surface area contributed by atoms with Crippen LogP contribution in [0.4, 0.5) is 8.78 Å². The van der Waals surface area contributed by atoms with Gasteiger partial charge in [-0.05, 0) is 38.4 Å². The van der Waals surface area contributed by atoms with Crippen molar-refractivity contribution >= 4 is 23.9 Å². The van der Waals surface area contributed by atoms with Crippen molar-refractivity contribution in [3.8, 4) is 5.75 Å². The Labute approximate surface area is 199 Å². The molecule has 194 valence electrons. The summed E-state index contributed by atoms with van der Waals surface area (Å²) < 4.78 is 32.0. The molecule has 1 aromatic rings. The number of aliphatic carboxylic acids is 4. The second-order valence-corrected chi connectivity index (χ2v) is 6.95. The lowest BCUT2D eigenvalue weighted by Crippen LogP contribution is -2.23. The first kappa shape index (κ1) is 31.2. The van der Waals surface area contributed by atoms with E-state index in [0.29, 0.717) is 61.2 Å². The van der Waals surface area contributed by atoms with E-state index in [4.69, 9.17) is 30.9 Å². The summed E-state index contributed by atoms with van der Waals surface area (Å²) >= 11 is 0. The van der Waals surface area contributed by atoms with Crippen LogP contribution in [0.1, 0.15) is 18.9 Å². The zero-order valence-electron chi connectivity index (χ0n) is 18.9. The highest BCUT2D eigenvalue weighted by atomic mass is 19.2. The molecule has 35 heavy (non-hydrogen) atoms. The molecule has 0 aromatic heterocycles. The summed E-state index contributed by atoms with van der Waals surface area (Å²) in [5.74, 6) is -5.79. The second kappa shape index (κ2) is 16.7. The Hall–Kier alpha value is -3.84. The van der Waals surface area contributed by atoms with Gasteiger partial charge >= 0.3 is 23.9 Å². The molecule has 0 radical (unpaired) electrons. The van der Waals surface area contributed by atoms with Crippen LogP contribution in [0.15, 0.2) is 36.4 Å². The van der Waals surface area contributed by atoms with Gasteiger partial charge in [-0.1, -0.05) is 0 Å². The minimum atomic E-state index is -1.26. The molecule has 0 bridgehead atoms. The third-order valence-corrected chi connectivity index (χ3v) is 4.24. The summed E-state index contributed by atoms with van der Waals surface area (Å²) in [6.07, 6.45) is 3.29. The first-order valence-corrected chi connectivity index (χ1v) is 10.2. The fraction of sp³-hybridized carbons (Fsp3) is 0.364. The van der Waals surface area contributed by atoms with Crippen LogP contribution < -0.4 is 10.5 Å². The zero-order chi connectivity index (χ0) is 27.0. The Bertz CT molecular complexity index is 870. The van der Waals surface area contributed by atoms with Crippen LogP contribution >= 0.6 is 0 Å². The minimum absolute atomic E-state index is 0.428. The average Bonchev–Trinajstić information content (AvgIpc) is 3.23. The molecule has 1 atom stereocenters. The Morgan fingerprint density at radius 2 is 1.43 bits per heavy atom. The van der Waals surface area contributed by atoms with Crippen molar-refractivity contribution in [1.82, 2.24) is 4.90 Å². The van der Waals surface area contributed by atoms with E-state index in [9.17, 15) is 28.0 Å². The number of carboxylic acid groups (broad SMARTS) is 4. The van der Waals surface area contributed by atoms with E-state index in [1.165, 1.54) is 6.07 Å². The van der Waals surface area contributed by atoms with Crippen LogP contribution in [-0.2, 0) is 25.7 Å². The van der Waals surface area contributed by atoms with Crippen molar-refractivity contribution < 1.29 is 53.1 Å². The third-order valence-electron chi connectivity index (χ3n) is 4.24. The predicted octanol–water partition coefficient (Wildman–Crippen LogP) is 1.57. The summed E-state index contributed by atoms with van der Waals surface area (Å²) in [5.41, 5.74) is 6.34. The highest BCUT2D eigenvalue weighted by Crippen LogP contribution is 2.26. The van der Waals surface area contributed by atoms with Crippen molar-refractivity contribution in [3.63, 3.8) is 0 Å². The van der Waals surface area contributed by atoms with E-state index in [0.717, 1.165) is 25.6 Å². The number of halogens is 2. The number of carbonyl (C=O) groups is 4. The molecular formula is C22H28F2N2O9. The van der Waals surface area contributed by atoms with Crippen LogP contribution in [0.3, 0.4) is 0 Å². The molecule has 0 unspecified atom stereocenters. The molecule has 1 aliphatic rings. The molecule has 1 saturated heterocycles. The highest BCUT2D eigenvalue weighted by molar-refractivity contribution is 5.90. The zero-order valence-corrected chi connectivity index (χ0v) is 18.9. The van der Waals surface area contributed by atoms with Gasteiger partial charge in [0.05, 0.1) is 6.61 Å². The molecule has 13 heteroatoms. The van der Waals surface area contributed by atoms with E-state index in [-0.39, 0.29) is 0 Å². The Morgan fingerprint density at radius 1 is 0.971 bits per heavy atom. The number of nitrogens with zero attached hydrogens (tertiary/aromatic N) is 1. The van der Waals surface area contributed by atoms with Gasteiger partial charge in [-0.25, -0.2) is 28.0 Å². The second-order valence-electron chi connectivity index (χ2n) is 6.95. The normalized spacial score (nSPS) is 15.1. The number of rotatable bonds is 9. The maximum atomic E-state index is 13.3. The fourth-order valence-corrected chi connectivity index (χ4v) is 2.76. The van der Waals surface area contributed by atoms with Crippen molar-refractivity contribution in [2.45, 2.75) is 19.9 Å². The monoisotopic (exact) mass is 502 g/mol. The Balaban J connectivity index is 0.000000601. The summed E-state index contributed by atoms with van der Waals surface area (Å²) in [7, 11) is 0. The molecular weight excluding hydrogens is 474 g/mol. The topological polar surface area (TPSA) is 188 Å². The van der Waals surface area contributed by atoms with Crippen LogP contribution in [0.5, 0.6) is 5.75 Å². The molecule has 1 aromatic carbocycles. The molecule has 6 N–H and O–H groups in total. The maximum absolute atomic E-state index is 13.3. The van der Waals surface area contributed by atoms with Crippen LogP contribution in [0.25, 0.3) is 0 Å². The Kier molecular flexibility index (Phi) is 14.9. The number of ether oxygens (including phenoxy) is 1. The molecule has 11 nitrogen and oxygen atoms in total. The van der Waals surface area contributed by atoms with Crippen LogP contribution in [0, 0.1) is 17.6 Å². The molecule has 0 spiro atoms. The van der Waals surface area contributed by atoms with E-state index in [1.54, 1.807) is 0 Å². The molecule has 1 fully saturated rings. The van der Waals surface area contributed by atoms with Gasteiger partial charge in [0, 0.05) is 49.0 Å². The molecule has 0 saturated carbocycles. The number of likely N-dealkylation sites (tertiary alicyclic amines) is 1. The maximum Gasteiger partial charge on any atom is 0.328 e. The van der Waals surface area contributed by atoms with Gasteiger partial charge in [0.25, 0.3) is 0 Å². The quantitative estimate of drug-likeness (QED) is 0.308. The van der Waals surface area contributed by atoms with Crippen LogP contribution in [0.2, 0.25) is 0 Å². The van der Waals surface area contributed by atoms with Crippen molar-refractivity contribution in [3.05, 3.63) is 53.6 Å². The lowest BCUT2D eigenvalue weighted by Gasteiger charge is -2.18. The summed E-state index contributed by atoms with van der Waals surface area (Å²) in [4.78, 5) is 40.4. The Morgan fingerprint density at radius 3 is 1.80 bits per heavy atom. The van der Waals surface area contributed by atoms with Crippen molar-refractivity contribution in [1.29, 1.82) is 0 Å². The van der Waals surface area contributed by atoms with Crippen LogP contribution in [-0.4, -0.2) is 75.4 Å². The summed E-state index contributed by atoms with van der Waals surface area (Å²) in [6.45, 7) is 5.35.